The molecule has 0 saturated heterocycles. The standard InChI is InChI=1S/C18H22N2O4/c1-18(2,3)15-11-14(19-24-15)17(23)20(12-16(21)22)10-9-13-7-5-4-6-8-13/h4-8,11H,9-10,12H2,1-3H3,(H,21,22). The Labute approximate surface area is 141 Å². The minimum Gasteiger partial charge on any atom is -0.480 e. The number of aromatic nitrogens is 1. The maximum Gasteiger partial charge on any atom is 0.323 e. The Morgan fingerprint density at radius 1 is 1.21 bits per heavy atom. The zero-order valence-corrected chi connectivity index (χ0v) is 14.2. The number of hydrogen-bond donors (Lipinski definition) is 1. The maximum atomic E-state index is 12.6. The van der Waals surface area contributed by atoms with Crippen molar-refractivity contribution >= 4 is 11.9 Å². The number of carbonyl (C=O) groups excluding carboxylic acids is 1. The molecule has 1 aromatic carbocycles. The number of rotatable bonds is 6. The summed E-state index contributed by atoms with van der Waals surface area (Å²) in [7, 11) is 0. The number of benzene rings is 1. The van der Waals surface area contributed by atoms with Crippen molar-refractivity contribution in [1.29, 1.82) is 0 Å². The van der Waals surface area contributed by atoms with Gasteiger partial charge in [-0.1, -0.05) is 56.3 Å². The predicted molar refractivity (Wildman–Crippen MR) is 88.9 cm³/mol. The average molecular weight is 330 g/mol. The van der Waals surface area contributed by atoms with Crippen molar-refractivity contribution < 1.29 is 19.2 Å². The third kappa shape index (κ3) is 4.68. The van der Waals surface area contributed by atoms with Crippen LogP contribution in [0, 0.1) is 0 Å². The lowest BCUT2D eigenvalue weighted by molar-refractivity contribution is -0.137. The first-order chi connectivity index (χ1) is 11.3. The van der Waals surface area contributed by atoms with E-state index in [4.69, 9.17) is 9.63 Å². The van der Waals surface area contributed by atoms with Crippen LogP contribution in [0.1, 0.15) is 42.6 Å². The fraction of sp³-hybridized carbons (Fsp3) is 0.389. The number of carbonyl (C=O) groups is 2. The molecule has 0 unspecified atom stereocenters. The van der Waals surface area contributed by atoms with Crippen LogP contribution in [0.2, 0.25) is 0 Å². The monoisotopic (exact) mass is 330 g/mol. The lowest BCUT2D eigenvalue weighted by Crippen LogP contribution is -2.37. The van der Waals surface area contributed by atoms with Crippen molar-refractivity contribution in [2.75, 3.05) is 13.1 Å². The molecule has 2 aromatic rings. The van der Waals surface area contributed by atoms with E-state index in [2.05, 4.69) is 5.16 Å². The molecule has 1 amide bonds. The number of hydrogen-bond acceptors (Lipinski definition) is 4. The molecule has 0 radical (unpaired) electrons. The van der Waals surface area contributed by atoms with E-state index in [0.29, 0.717) is 18.7 Å². The fourth-order valence-corrected chi connectivity index (χ4v) is 2.22. The molecule has 0 atom stereocenters. The molecule has 0 aliphatic rings. The van der Waals surface area contributed by atoms with Crippen LogP contribution in [-0.2, 0) is 16.6 Å². The summed E-state index contributed by atoms with van der Waals surface area (Å²) in [5, 5.41) is 12.9. The van der Waals surface area contributed by atoms with E-state index in [1.807, 2.05) is 51.1 Å². The molecule has 24 heavy (non-hydrogen) atoms. The number of carboxylic acid groups (broad SMARTS) is 1. The number of nitrogens with zero attached hydrogens (tertiary/aromatic N) is 2. The summed E-state index contributed by atoms with van der Waals surface area (Å²) in [4.78, 5) is 24.9. The highest BCUT2D eigenvalue weighted by Crippen LogP contribution is 2.23. The predicted octanol–water partition coefficient (Wildman–Crippen LogP) is 2.74. The van der Waals surface area contributed by atoms with Crippen LogP contribution in [0.25, 0.3) is 0 Å². The third-order valence-corrected chi connectivity index (χ3v) is 3.60. The molecule has 0 spiro atoms. The molecule has 1 aromatic heterocycles. The van der Waals surface area contributed by atoms with Crippen LogP contribution >= 0.6 is 0 Å². The Kier molecular flexibility index (Phi) is 5.39. The zero-order valence-electron chi connectivity index (χ0n) is 14.2. The van der Waals surface area contributed by atoms with E-state index in [-0.39, 0.29) is 17.7 Å². The SMILES string of the molecule is CC(C)(C)c1cc(C(=O)N(CCc2ccccc2)CC(=O)O)no1. The van der Waals surface area contributed by atoms with E-state index >= 15 is 0 Å². The molecule has 128 valence electrons. The van der Waals surface area contributed by atoms with Gasteiger partial charge in [0.2, 0.25) is 0 Å². The third-order valence-electron chi connectivity index (χ3n) is 3.60. The van der Waals surface area contributed by atoms with E-state index < -0.39 is 11.9 Å². The topological polar surface area (TPSA) is 83.6 Å². The van der Waals surface area contributed by atoms with E-state index in [0.717, 1.165) is 5.56 Å². The van der Waals surface area contributed by atoms with Gasteiger partial charge in [0.15, 0.2) is 5.69 Å². The van der Waals surface area contributed by atoms with Gasteiger partial charge in [-0.05, 0) is 12.0 Å². The van der Waals surface area contributed by atoms with Crippen LogP contribution in [0.3, 0.4) is 0 Å². The number of amides is 1. The summed E-state index contributed by atoms with van der Waals surface area (Å²) in [6.45, 7) is 5.78. The highest BCUT2D eigenvalue weighted by Gasteiger charge is 2.25. The first-order valence-electron chi connectivity index (χ1n) is 7.79. The summed E-state index contributed by atoms with van der Waals surface area (Å²) in [6, 6.07) is 11.2. The summed E-state index contributed by atoms with van der Waals surface area (Å²) in [5.74, 6) is -0.910. The number of carboxylic acids is 1. The molecular formula is C18H22N2O4. The fourth-order valence-electron chi connectivity index (χ4n) is 2.22. The summed E-state index contributed by atoms with van der Waals surface area (Å²) in [5.41, 5.74) is 0.901. The second kappa shape index (κ2) is 7.29. The quantitative estimate of drug-likeness (QED) is 0.880. The van der Waals surface area contributed by atoms with Gasteiger partial charge >= 0.3 is 5.97 Å². The Hall–Kier alpha value is -2.63. The second-order valence-corrected chi connectivity index (χ2v) is 6.68. The van der Waals surface area contributed by atoms with E-state index in [9.17, 15) is 9.59 Å². The summed E-state index contributed by atoms with van der Waals surface area (Å²) in [6.07, 6.45) is 0.573. The Balaban J connectivity index is 2.13. The smallest absolute Gasteiger partial charge is 0.323 e. The highest BCUT2D eigenvalue weighted by atomic mass is 16.5. The number of aliphatic carboxylic acids is 1. The highest BCUT2D eigenvalue weighted by molar-refractivity contribution is 5.94. The van der Waals surface area contributed by atoms with Gasteiger partial charge < -0.3 is 14.5 Å². The van der Waals surface area contributed by atoms with Gasteiger partial charge in [0.05, 0.1) is 0 Å². The minimum atomic E-state index is -1.06. The molecule has 2 rings (SSSR count). The largest absolute Gasteiger partial charge is 0.480 e. The van der Waals surface area contributed by atoms with Gasteiger partial charge in [-0.3, -0.25) is 9.59 Å². The van der Waals surface area contributed by atoms with Gasteiger partial charge in [0, 0.05) is 18.0 Å². The van der Waals surface area contributed by atoms with Crippen LogP contribution in [0.5, 0.6) is 0 Å². The van der Waals surface area contributed by atoms with Gasteiger partial charge in [-0.2, -0.15) is 0 Å². The van der Waals surface area contributed by atoms with Gasteiger partial charge in [-0.15, -0.1) is 0 Å². The van der Waals surface area contributed by atoms with Gasteiger partial charge in [0.25, 0.3) is 5.91 Å². The molecule has 0 fully saturated rings. The zero-order chi connectivity index (χ0) is 17.7. The van der Waals surface area contributed by atoms with Gasteiger partial charge in [0.1, 0.15) is 12.3 Å². The maximum absolute atomic E-state index is 12.6. The van der Waals surface area contributed by atoms with Crippen molar-refractivity contribution in [2.45, 2.75) is 32.6 Å². The van der Waals surface area contributed by atoms with Crippen LogP contribution in [-0.4, -0.2) is 40.1 Å². The first-order valence-corrected chi connectivity index (χ1v) is 7.79. The van der Waals surface area contributed by atoms with E-state index in [1.165, 1.54) is 4.90 Å². The normalized spacial score (nSPS) is 11.3. The Bertz CT molecular complexity index is 701. The molecule has 6 nitrogen and oxygen atoms in total. The van der Waals surface area contributed by atoms with Crippen molar-refractivity contribution in [3.05, 3.63) is 53.4 Å². The van der Waals surface area contributed by atoms with Crippen molar-refractivity contribution in [2.24, 2.45) is 0 Å². The lowest BCUT2D eigenvalue weighted by Gasteiger charge is -2.19. The van der Waals surface area contributed by atoms with Crippen molar-refractivity contribution in [3.63, 3.8) is 0 Å². The molecule has 0 aliphatic carbocycles. The van der Waals surface area contributed by atoms with Gasteiger partial charge in [-0.25, -0.2) is 0 Å². The average Bonchev–Trinajstić information content (AvgIpc) is 3.01. The van der Waals surface area contributed by atoms with Crippen LogP contribution in [0.15, 0.2) is 40.9 Å². The lowest BCUT2D eigenvalue weighted by atomic mass is 9.93. The molecule has 0 bridgehead atoms. The molecule has 0 saturated carbocycles. The van der Waals surface area contributed by atoms with Crippen molar-refractivity contribution in [3.8, 4) is 0 Å². The Morgan fingerprint density at radius 2 is 1.88 bits per heavy atom. The summed E-state index contributed by atoms with van der Waals surface area (Å²) >= 11 is 0. The van der Waals surface area contributed by atoms with E-state index in [1.54, 1.807) is 6.07 Å². The van der Waals surface area contributed by atoms with Crippen LogP contribution < -0.4 is 0 Å². The van der Waals surface area contributed by atoms with Crippen molar-refractivity contribution in [1.82, 2.24) is 10.1 Å². The minimum absolute atomic E-state index is 0.134. The molecule has 0 aliphatic heterocycles. The molecule has 1 heterocycles. The molecular weight excluding hydrogens is 308 g/mol. The van der Waals surface area contributed by atoms with Crippen LogP contribution in [0.4, 0.5) is 0 Å². The second-order valence-electron chi connectivity index (χ2n) is 6.68. The molecule has 6 heteroatoms. The molecule has 1 N–H and O–H groups in total. The first kappa shape index (κ1) is 17.7. The Morgan fingerprint density at radius 3 is 2.42 bits per heavy atom. The summed E-state index contributed by atoms with van der Waals surface area (Å²) < 4.78 is 5.22.